The molecule has 2 amide bonds. The van der Waals surface area contributed by atoms with E-state index in [4.69, 9.17) is 5.73 Å². The van der Waals surface area contributed by atoms with Gasteiger partial charge in [0.25, 0.3) is 5.69 Å². The number of piperidine rings is 1. The van der Waals surface area contributed by atoms with E-state index in [1.54, 1.807) is 4.90 Å². The number of nitrogens with zero attached hydrogens (tertiary/aromatic N) is 2. The Kier molecular flexibility index (Phi) is 6.42. The number of nitro benzene ring substituents is 1. The van der Waals surface area contributed by atoms with Gasteiger partial charge in [0.05, 0.1) is 10.5 Å². The third kappa shape index (κ3) is 4.91. The Morgan fingerprint density at radius 1 is 1.16 bits per heavy atom. The number of nitrogens with one attached hydrogen (secondary N) is 1. The molecular weight excluding hydrogens is 417 g/mol. The van der Waals surface area contributed by atoms with E-state index in [2.05, 4.69) is 5.32 Å². The molecule has 3 N–H and O–H groups in total. The lowest BCUT2D eigenvalue weighted by molar-refractivity contribution is -0.384. The van der Waals surface area contributed by atoms with E-state index in [-0.39, 0.29) is 24.7 Å². The van der Waals surface area contributed by atoms with Crippen molar-refractivity contribution in [3.8, 4) is 0 Å². The van der Waals surface area contributed by atoms with Crippen LogP contribution in [-0.2, 0) is 15.8 Å². The number of halogens is 3. The molecule has 1 saturated carbocycles. The van der Waals surface area contributed by atoms with E-state index in [0.29, 0.717) is 31.7 Å². The molecular formula is C20H25F3N4O4. The third-order valence-corrected chi connectivity index (χ3v) is 6.25. The van der Waals surface area contributed by atoms with E-state index >= 15 is 0 Å². The van der Waals surface area contributed by atoms with Crippen LogP contribution in [0.25, 0.3) is 0 Å². The first-order chi connectivity index (χ1) is 14.5. The average molecular weight is 442 g/mol. The Bertz CT molecular complexity index is 860. The van der Waals surface area contributed by atoms with Gasteiger partial charge in [0.15, 0.2) is 0 Å². The van der Waals surface area contributed by atoms with Crippen LogP contribution in [0, 0.1) is 16.0 Å². The van der Waals surface area contributed by atoms with Gasteiger partial charge in [-0.1, -0.05) is 19.3 Å². The van der Waals surface area contributed by atoms with Crippen LogP contribution < -0.4 is 16.0 Å². The fourth-order valence-electron chi connectivity index (χ4n) is 4.42. The van der Waals surface area contributed by atoms with Gasteiger partial charge >= 0.3 is 6.18 Å². The number of carbonyl (C=O) groups excluding carboxylic acids is 2. The maximum atomic E-state index is 12.9. The summed E-state index contributed by atoms with van der Waals surface area (Å²) < 4.78 is 38.7. The van der Waals surface area contributed by atoms with Gasteiger partial charge in [0.1, 0.15) is 11.2 Å². The third-order valence-electron chi connectivity index (χ3n) is 6.25. The highest BCUT2D eigenvalue weighted by molar-refractivity contribution is 5.91. The van der Waals surface area contributed by atoms with E-state index < -0.39 is 39.7 Å². The zero-order valence-electron chi connectivity index (χ0n) is 16.9. The van der Waals surface area contributed by atoms with Crippen molar-refractivity contribution in [2.45, 2.75) is 56.7 Å². The zero-order chi connectivity index (χ0) is 22.8. The van der Waals surface area contributed by atoms with Gasteiger partial charge in [-0.15, -0.1) is 0 Å². The molecule has 8 nitrogen and oxygen atoms in total. The molecule has 1 saturated heterocycles. The minimum Gasteiger partial charge on any atom is -0.368 e. The minimum absolute atomic E-state index is 0.0951. The fraction of sp³-hybridized carbons (Fsp3) is 0.600. The first kappa shape index (κ1) is 22.8. The SMILES string of the molecule is NC(=O)C1(NC(=O)C2CCN(c3ccc(C(F)(F)F)cc3[N+](=O)[O-])CC2)CCCCC1. The first-order valence-electron chi connectivity index (χ1n) is 10.3. The fourth-order valence-corrected chi connectivity index (χ4v) is 4.42. The molecule has 2 fully saturated rings. The molecule has 170 valence electrons. The monoisotopic (exact) mass is 442 g/mol. The van der Waals surface area contributed by atoms with Gasteiger partial charge < -0.3 is 16.0 Å². The standard InChI is InChI=1S/C20H25F3N4O4/c21-20(22,23)14-4-5-15(16(12-14)27(30)31)26-10-6-13(7-11-26)17(28)25-19(18(24)29)8-2-1-3-9-19/h4-5,12-13H,1-3,6-11H2,(H2,24,29)(H,25,28). The van der Waals surface area contributed by atoms with Crippen molar-refractivity contribution in [3.63, 3.8) is 0 Å². The lowest BCUT2D eigenvalue weighted by Gasteiger charge is -2.38. The number of rotatable bonds is 5. The Balaban J connectivity index is 1.68. The summed E-state index contributed by atoms with van der Waals surface area (Å²) in [5.74, 6) is -1.22. The molecule has 0 aromatic heterocycles. The summed E-state index contributed by atoms with van der Waals surface area (Å²) in [6.45, 7) is 0.543. The summed E-state index contributed by atoms with van der Waals surface area (Å²) in [4.78, 5) is 36.9. The Morgan fingerprint density at radius 2 is 1.77 bits per heavy atom. The summed E-state index contributed by atoms with van der Waals surface area (Å²) in [7, 11) is 0. The molecule has 11 heteroatoms. The van der Waals surface area contributed by atoms with Crippen LogP contribution in [-0.4, -0.2) is 35.4 Å². The van der Waals surface area contributed by atoms with Crippen LogP contribution in [0.4, 0.5) is 24.5 Å². The number of nitrogens with two attached hydrogens (primary N) is 1. The van der Waals surface area contributed by atoms with Gasteiger partial charge in [-0.25, -0.2) is 0 Å². The topological polar surface area (TPSA) is 119 Å². The van der Waals surface area contributed by atoms with Crippen LogP contribution in [0.1, 0.15) is 50.5 Å². The van der Waals surface area contributed by atoms with Crippen molar-refractivity contribution in [2.75, 3.05) is 18.0 Å². The molecule has 1 aliphatic heterocycles. The number of carbonyl (C=O) groups is 2. The minimum atomic E-state index is -4.68. The van der Waals surface area contributed by atoms with E-state index in [9.17, 15) is 32.9 Å². The van der Waals surface area contributed by atoms with Crippen molar-refractivity contribution in [3.05, 3.63) is 33.9 Å². The second-order valence-corrected chi connectivity index (χ2v) is 8.22. The molecule has 2 aliphatic rings. The molecule has 3 rings (SSSR count). The number of nitro groups is 1. The molecule has 1 heterocycles. The summed E-state index contributed by atoms with van der Waals surface area (Å²) >= 11 is 0. The number of benzene rings is 1. The maximum Gasteiger partial charge on any atom is 0.416 e. The molecule has 1 aromatic rings. The number of hydrogen-bond acceptors (Lipinski definition) is 5. The number of amides is 2. The van der Waals surface area contributed by atoms with Crippen molar-refractivity contribution in [1.82, 2.24) is 5.32 Å². The van der Waals surface area contributed by atoms with Crippen LogP contribution in [0.2, 0.25) is 0 Å². The molecule has 1 aliphatic carbocycles. The Labute approximate surface area is 177 Å². The second-order valence-electron chi connectivity index (χ2n) is 8.22. The van der Waals surface area contributed by atoms with Crippen LogP contribution in [0.5, 0.6) is 0 Å². The van der Waals surface area contributed by atoms with Crippen molar-refractivity contribution in [1.29, 1.82) is 0 Å². The highest BCUT2D eigenvalue weighted by Gasteiger charge is 2.41. The largest absolute Gasteiger partial charge is 0.416 e. The zero-order valence-corrected chi connectivity index (χ0v) is 16.9. The quantitative estimate of drug-likeness (QED) is 0.536. The highest BCUT2D eigenvalue weighted by atomic mass is 19.4. The van der Waals surface area contributed by atoms with E-state index in [1.807, 2.05) is 0 Å². The predicted octanol–water partition coefficient (Wildman–Crippen LogP) is 3.13. The summed E-state index contributed by atoms with van der Waals surface area (Å²) in [5, 5.41) is 14.2. The number of hydrogen-bond donors (Lipinski definition) is 2. The van der Waals surface area contributed by atoms with E-state index in [0.717, 1.165) is 31.4 Å². The molecule has 1 aromatic carbocycles. The highest BCUT2D eigenvalue weighted by Crippen LogP contribution is 2.38. The average Bonchev–Trinajstić information content (AvgIpc) is 2.73. The summed E-state index contributed by atoms with van der Waals surface area (Å²) in [6.07, 6.45) is -0.357. The predicted molar refractivity (Wildman–Crippen MR) is 106 cm³/mol. The Morgan fingerprint density at radius 3 is 2.29 bits per heavy atom. The lowest BCUT2D eigenvalue weighted by atomic mass is 9.80. The normalized spacial score (nSPS) is 19.6. The van der Waals surface area contributed by atoms with Crippen LogP contribution >= 0.6 is 0 Å². The number of alkyl halides is 3. The number of anilines is 1. The van der Waals surface area contributed by atoms with Gasteiger partial charge in [0.2, 0.25) is 11.8 Å². The van der Waals surface area contributed by atoms with Gasteiger partial charge in [-0.2, -0.15) is 13.2 Å². The van der Waals surface area contributed by atoms with E-state index in [1.165, 1.54) is 0 Å². The van der Waals surface area contributed by atoms with Gasteiger partial charge in [-0.05, 0) is 37.8 Å². The van der Waals surface area contributed by atoms with Crippen molar-refractivity contribution < 1.29 is 27.7 Å². The second kappa shape index (κ2) is 8.72. The molecule has 0 unspecified atom stereocenters. The van der Waals surface area contributed by atoms with Crippen LogP contribution in [0.15, 0.2) is 18.2 Å². The summed E-state index contributed by atoms with van der Waals surface area (Å²) in [6, 6.07) is 2.46. The molecule has 0 atom stereocenters. The molecule has 0 spiro atoms. The molecule has 0 bridgehead atoms. The van der Waals surface area contributed by atoms with Crippen molar-refractivity contribution >= 4 is 23.2 Å². The van der Waals surface area contributed by atoms with Crippen LogP contribution in [0.3, 0.4) is 0 Å². The number of primary amides is 1. The first-order valence-corrected chi connectivity index (χ1v) is 10.3. The van der Waals surface area contributed by atoms with Crippen molar-refractivity contribution in [2.24, 2.45) is 11.7 Å². The smallest absolute Gasteiger partial charge is 0.368 e. The lowest BCUT2D eigenvalue weighted by Crippen LogP contribution is -2.60. The molecule has 31 heavy (non-hydrogen) atoms. The Hall–Kier alpha value is -2.85. The van der Waals surface area contributed by atoms with Gasteiger partial charge in [-0.3, -0.25) is 19.7 Å². The molecule has 0 radical (unpaired) electrons. The summed E-state index contributed by atoms with van der Waals surface area (Å²) in [5.41, 5.74) is 2.93. The maximum absolute atomic E-state index is 12.9. The van der Waals surface area contributed by atoms with Gasteiger partial charge in [0, 0.05) is 25.1 Å².